The topological polar surface area (TPSA) is 93.5 Å². The highest BCUT2D eigenvalue weighted by atomic mass is 32.2. The van der Waals surface area contributed by atoms with E-state index in [0.717, 1.165) is 50.1 Å². The van der Waals surface area contributed by atoms with Crippen molar-refractivity contribution >= 4 is 21.4 Å². The Morgan fingerprint density at radius 3 is 2.48 bits per heavy atom. The van der Waals surface area contributed by atoms with Gasteiger partial charge < -0.3 is 15.8 Å². The van der Waals surface area contributed by atoms with Gasteiger partial charge in [0.15, 0.2) is 0 Å². The van der Waals surface area contributed by atoms with E-state index in [1.807, 2.05) is 18.2 Å². The van der Waals surface area contributed by atoms with E-state index in [1.54, 1.807) is 13.8 Å². The normalized spacial score (nSPS) is 11.7. The van der Waals surface area contributed by atoms with Crippen LogP contribution in [0, 0.1) is 0 Å². The van der Waals surface area contributed by atoms with Crippen LogP contribution in [0.4, 0.5) is 11.4 Å². The molecule has 0 aliphatic carbocycles. The zero-order valence-corrected chi connectivity index (χ0v) is 16.5. The van der Waals surface area contributed by atoms with Crippen molar-refractivity contribution in [2.45, 2.75) is 58.1 Å². The van der Waals surface area contributed by atoms with Crippen LogP contribution in [0.15, 0.2) is 18.2 Å². The SMILES string of the molecule is CCCCOc1ccc(NCCCCCNS(=O)(=O)C(C)C)c(N)c1. The van der Waals surface area contributed by atoms with Gasteiger partial charge in [0.05, 0.1) is 23.2 Å². The summed E-state index contributed by atoms with van der Waals surface area (Å²) >= 11 is 0. The Balaban J connectivity index is 2.21. The van der Waals surface area contributed by atoms with Gasteiger partial charge in [0.1, 0.15) is 5.75 Å². The van der Waals surface area contributed by atoms with Crippen molar-refractivity contribution in [2.24, 2.45) is 0 Å². The van der Waals surface area contributed by atoms with E-state index >= 15 is 0 Å². The second-order valence-corrected chi connectivity index (χ2v) is 8.75. The molecule has 0 aromatic heterocycles. The number of hydrogen-bond donors (Lipinski definition) is 3. The monoisotopic (exact) mass is 371 g/mol. The molecule has 0 bridgehead atoms. The molecule has 0 radical (unpaired) electrons. The summed E-state index contributed by atoms with van der Waals surface area (Å²) in [6, 6.07) is 5.71. The highest BCUT2D eigenvalue weighted by Crippen LogP contribution is 2.24. The molecule has 0 fully saturated rings. The fraction of sp³-hybridized carbons (Fsp3) is 0.667. The zero-order chi connectivity index (χ0) is 18.7. The Kier molecular flexibility index (Phi) is 9.67. The predicted octanol–water partition coefficient (Wildman–Crippen LogP) is 3.36. The molecule has 1 aromatic rings. The van der Waals surface area contributed by atoms with Crippen LogP contribution in [0.2, 0.25) is 0 Å². The first kappa shape index (κ1) is 21.6. The van der Waals surface area contributed by atoms with Gasteiger partial charge in [0.2, 0.25) is 10.0 Å². The van der Waals surface area contributed by atoms with Crippen molar-refractivity contribution < 1.29 is 13.2 Å². The van der Waals surface area contributed by atoms with Crippen LogP contribution in [-0.2, 0) is 10.0 Å². The fourth-order valence-corrected chi connectivity index (χ4v) is 2.92. The molecule has 4 N–H and O–H groups in total. The standard InChI is InChI=1S/C18H33N3O3S/c1-4-5-13-24-16-9-10-18(17(19)14-16)20-11-7-6-8-12-21-25(22,23)15(2)3/h9-10,14-15,20-21H,4-8,11-13,19H2,1-3H3. The second-order valence-electron chi connectivity index (χ2n) is 6.43. The number of sulfonamides is 1. The maximum atomic E-state index is 11.6. The molecule has 1 aromatic carbocycles. The molecule has 0 heterocycles. The molecule has 0 unspecified atom stereocenters. The molecule has 144 valence electrons. The molecule has 0 saturated heterocycles. The maximum absolute atomic E-state index is 11.6. The number of anilines is 2. The van der Waals surface area contributed by atoms with Crippen molar-refractivity contribution in [2.75, 3.05) is 30.7 Å². The van der Waals surface area contributed by atoms with Crippen LogP contribution in [0.25, 0.3) is 0 Å². The third-order valence-electron chi connectivity index (χ3n) is 3.88. The second kappa shape index (κ2) is 11.2. The Morgan fingerprint density at radius 2 is 1.84 bits per heavy atom. The number of benzene rings is 1. The van der Waals surface area contributed by atoms with Gasteiger partial charge in [0, 0.05) is 19.2 Å². The molecular weight excluding hydrogens is 338 g/mol. The fourth-order valence-electron chi connectivity index (χ4n) is 2.16. The van der Waals surface area contributed by atoms with Gasteiger partial charge in [-0.15, -0.1) is 0 Å². The first-order chi connectivity index (χ1) is 11.9. The Labute approximate surface area is 152 Å². The highest BCUT2D eigenvalue weighted by Gasteiger charge is 2.13. The smallest absolute Gasteiger partial charge is 0.213 e. The van der Waals surface area contributed by atoms with E-state index in [1.165, 1.54) is 0 Å². The average Bonchev–Trinajstić information content (AvgIpc) is 2.55. The van der Waals surface area contributed by atoms with E-state index < -0.39 is 10.0 Å². The minimum absolute atomic E-state index is 0.383. The van der Waals surface area contributed by atoms with Gasteiger partial charge in [-0.2, -0.15) is 0 Å². The van der Waals surface area contributed by atoms with Gasteiger partial charge in [0.25, 0.3) is 0 Å². The van der Waals surface area contributed by atoms with Gasteiger partial charge >= 0.3 is 0 Å². The summed E-state index contributed by atoms with van der Waals surface area (Å²) in [5, 5.41) is 2.93. The first-order valence-corrected chi connectivity index (χ1v) is 10.7. The molecule has 0 aliphatic heterocycles. The first-order valence-electron chi connectivity index (χ1n) is 9.11. The third-order valence-corrected chi connectivity index (χ3v) is 5.73. The van der Waals surface area contributed by atoms with Crippen LogP contribution in [-0.4, -0.2) is 33.4 Å². The predicted molar refractivity (Wildman–Crippen MR) is 106 cm³/mol. The molecule has 7 heteroatoms. The lowest BCUT2D eigenvalue weighted by Crippen LogP contribution is -2.31. The van der Waals surface area contributed by atoms with Crippen LogP contribution < -0.4 is 20.5 Å². The van der Waals surface area contributed by atoms with Gasteiger partial charge in [-0.3, -0.25) is 0 Å². The summed E-state index contributed by atoms with van der Waals surface area (Å²) in [7, 11) is -3.15. The van der Waals surface area contributed by atoms with Crippen molar-refractivity contribution in [3.8, 4) is 5.75 Å². The van der Waals surface area contributed by atoms with E-state index in [4.69, 9.17) is 10.5 Å². The molecule has 0 spiro atoms. The number of unbranched alkanes of at least 4 members (excludes halogenated alkanes) is 3. The summed E-state index contributed by atoms with van der Waals surface area (Å²) in [6.45, 7) is 7.49. The number of nitrogens with two attached hydrogens (primary N) is 1. The lowest BCUT2D eigenvalue weighted by molar-refractivity contribution is 0.309. The molecule has 6 nitrogen and oxygen atoms in total. The lowest BCUT2D eigenvalue weighted by Gasteiger charge is -2.12. The summed E-state index contributed by atoms with van der Waals surface area (Å²) in [5.41, 5.74) is 7.63. The minimum Gasteiger partial charge on any atom is -0.494 e. The van der Waals surface area contributed by atoms with Gasteiger partial charge in [-0.25, -0.2) is 13.1 Å². The van der Waals surface area contributed by atoms with E-state index in [0.29, 0.717) is 18.8 Å². The maximum Gasteiger partial charge on any atom is 0.213 e. The van der Waals surface area contributed by atoms with Crippen LogP contribution in [0.3, 0.4) is 0 Å². The summed E-state index contributed by atoms with van der Waals surface area (Å²) in [4.78, 5) is 0. The van der Waals surface area contributed by atoms with E-state index in [9.17, 15) is 8.42 Å². The Hall–Kier alpha value is -1.47. The number of hydrogen-bond acceptors (Lipinski definition) is 5. The van der Waals surface area contributed by atoms with E-state index in [2.05, 4.69) is 17.0 Å². The Morgan fingerprint density at radius 1 is 1.12 bits per heavy atom. The third kappa shape index (κ3) is 8.45. The van der Waals surface area contributed by atoms with Crippen molar-refractivity contribution in [3.63, 3.8) is 0 Å². The zero-order valence-electron chi connectivity index (χ0n) is 15.7. The summed E-state index contributed by atoms with van der Waals surface area (Å²) in [5.74, 6) is 0.800. The molecule has 0 atom stereocenters. The van der Waals surface area contributed by atoms with Gasteiger partial charge in [-0.1, -0.05) is 19.8 Å². The number of rotatable bonds is 13. The molecule has 1 rings (SSSR count). The highest BCUT2D eigenvalue weighted by molar-refractivity contribution is 7.90. The lowest BCUT2D eigenvalue weighted by atomic mass is 10.2. The largest absolute Gasteiger partial charge is 0.494 e. The van der Waals surface area contributed by atoms with Crippen molar-refractivity contribution in [3.05, 3.63) is 18.2 Å². The van der Waals surface area contributed by atoms with Crippen molar-refractivity contribution in [1.82, 2.24) is 4.72 Å². The minimum atomic E-state index is -3.15. The number of nitrogen functional groups attached to an aromatic ring is 1. The van der Waals surface area contributed by atoms with E-state index in [-0.39, 0.29) is 5.25 Å². The van der Waals surface area contributed by atoms with Crippen LogP contribution >= 0.6 is 0 Å². The molecule has 0 aliphatic rings. The summed E-state index contributed by atoms with van der Waals surface area (Å²) < 4.78 is 31.5. The molecular formula is C18H33N3O3S. The van der Waals surface area contributed by atoms with Gasteiger partial charge in [-0.05, 0) is 45.2 Å². The van der Waals surface area contributed by atoms with Crippen LogP contribution in [0.1, 0.15) is 52.9 Å². The summed E-state index contributed by atoms with van der Waals surface area (Å²) in [6.07, 6.45) is 4.87. The van der Waals surface area contributed by atoms with Crippen LogP contribution in [0.5, 0.6) is 5.75 Å². The Bertz CT molecular complexity index is 604. The average molecular weight is 372 g/mol. The molecule has 25 heavy (non-hydrogen) atoms. The number of ether oxygens (including phenoxy) is 1. The quantitative estimate of drug-likeness (QED) is 0.365. The molecule has 0 saturated carbocycles. The molecule has 0 amide bonds. The van der Waals surface area contributed by atoms with Crippen molar-refractivity contribution in [1.29, 1.82) is 0 Å². The number of nitrogens with one attached hydrogen (secondary N) is 2.